The number of hydrogen-bond acceptors (Lipinski definition) is 7. The van der Waals surface area contributed by atoms with Crippen molar-refractivity contribution in [3.05, 3.63) is 46.7 Å². The van der Waals surface area contributed by atoms with Gasteiger partial charge in [-0.05, 0) is 47.2 Å². The fourth-order valence-corrected chi connectivity index (χ4v) is 4.45. The van der Waals surface area contributed by atoms with Gasteiger partial charge in [-0.25, -0.2) is 4.98 Å². The number of anilines is 1. The maximum absolute atomic E-state index is 11.7. The number of nitrogens with two attached hydrogens (primary N) is 1. The van der Waals surface area contributed by atoms with Crippen LogP contribution in [0.2, 0.25) is 0 Å². The number of carbonyl (C=O) groups is 1. The predicted octanol–water partition coefficient (Wildman–Crippen LogP) is 2.92. The number of halogens is 1. The number of likely N-dealkylation sites (N-methyl/N-ethyl adjacent to an activating group) is 1. The molecule has 0 aliphatic carbocycles. The molecule has 3 heterocycles. The zero-order valence-corrected chi connectivity index (χ0v) is 19.3. The van der Waals surface area contributed by atoms with Crippen LogP contribution in [0.4, 0.5) is 5.69 Å². The molecule has 1 amide bonds. The smallest absolute Gasteiger partial charge is 0.322 e. The van der Waals surface area contributed by atoms with E-state index in [2.05, 4.69) is 53.9 Å². The van der Waals surface area contributed by atoms with Crippen molar-refractivity contribution < 1.29 is 9.53 Å². The molecule has 32 heavy (non-hydrogen) atoms. The van der Waals surface area contributed by atoms with Gasteiger partial charge in [-0.3, -0.25) is 9.48 Å². The van der Waals surface area contributed by atoms with Gasteiger partial charge in [0.25, 0.3) is 5.91 Å². The molecule has 4 aromatic rings. The van der Waals surface area contributed by atoms with Gasteiger partial charge in [0.1, 0.15) is 11.3 Å². The summed E-state index contributed by atoms with van der Waals surface area (Å²) in [5, 5.41) is 5.71. The van der Waals surface area contributed by atoms with E-state index in [-0.39, 0.29) is 11.7 Å². The van der Waals surface area contributed by atoms with Gasteiger partial charge in [0.05, 0.1) is 9.99 Å². The third kappa shape index (κ3) is 3.65. The minimum absolute atomic E-state index is 0.208. The van der Waals surface area contributed by atoms with Crippen LogP contribution in [-0.2, 0) is 7.05 Å². The molecule has 0 unspecified atom stereocenters. The second-order valence-corrected chi connectivity index (χ2v) is 8.75. The van der Waals surface area contributed by atoms with Crippen molar-refractivity contribution >= 4 is 49.3 Å². The van der Waals surface area contributed by atoms with E-state index in [9.17, 15) is 4.79 Å². The Bertz CT molecular complexity index is 1350. The molecule has 0 bridgehead atoms. The Labute approximate surface area is 192 Å². The van der Waals surface area contributed by atoms with Crippen LogP contribution in [0.25, 0.3) is 21.8 Å². The lowest BCUT2D eigenvalue weighted by Gasteiger charge is -2.34. The molecular weight excluding hydrogens is 474 g/mol. The number of nitrogens with zero attached hydrogens (tertiary/aromatic N) is 6. The van der Waals surface area contributed by atoms with Crippen LogP contribution >= 0.6 is 15.9 Å². The standard InChI is InChI=1S/C22H22BrN7O2/c1-28-7-9-30(10-8-28)14-4-6-17(16(23)11-14)32-22-25-12-13-3-5-15-19(21(24)31)27-29(2)20(15)18(13)26-22/h3-6,11-12H,7-10H2,1-2H3,(H2,24,31). The van der Waals surface area contributed by atoms with Crippen molar-refractivity contribution in [2.45, 2.75) is 0 Å². The number of piperazine rings is 1. The lowest BCUT2D eigenvalue weighted by Crippen LogP contribution is -2.44. The Morgan fingerprint density at radius 2 is 1.91 bits per heavy atom. The number of aromatic nitrogens is 4. The number of rotatable bonds is 4. The summed E-state index contributed by atoms with van der Waals surface area (Å²) in [6.07, 6.45) is 1.69. The molecule has 0 spiro atoms. The van der Waals surface area contributed by atoms with E-state index in [0.717, 1.165) is 41.7 Å². The Balaban J connectivity index is 1.47. The highest BCUT2D eigenvalue weighted by atomic mass is 79.9. The normalized spacial score (nSPS) is 14.9. The summed E-state index contributed by atoms with van der Waals surface area (Å²) in [7, 11) is 3.90. The summed E-state index contributed by atoms with van der Waals surface area (Å²) in [5.41, 5.74) is 8.18. The number of aryl methyl sites for hydroxylation is 1. The highest BCUT2D eigenvalue weighted by Gasteiger charge is 2.18. The first-order valence-electron chi connectivity index (χ1n) is 10.2. The van der Waals surface area contributed by atoms with Crippen molar-refractivity contribution in [1.82, 2.24) is 24.6 Å². The number of amides is 1. The van der Waals surface area contributed by atoms with Gasteiger partial charge in [0.2, 0.25) is 0 Å². The minimum Gasteiger partial charge on any atom is -0.423 e. The van der Waals surface area contributed by atoms with Gasteiger partial charge in [-0.2, -0.15) is 10.1 Å². The van der Waals surface area contributed by atoms with Crippen molar-refractivity contribution in [2.24, 2.45) is 12.8 Å². The van der Waals surface area contributed by atoms with E-state index in [0.29, 0.717) is 22.2 Å². The third-order valence-electron chi connectivity index (χ3n) is 5.75. The van der Waals surface area contributed by atoms with Crippen molar-refractivity contribution in [3.63, 3.8) is 0 Å². The second kappa shape index (κ2) is 8.03. The number of carbonyl (C=O) groups excluding carboxylic acids is 1. The van der Waals surface area contributed by atoms with Crippen LogP contribution in [-0.4, -0.2) is 63.8 Å². The maximum Gasteiger partial charge on any atom is 0.322 e. The highest BCUT2D eigenvalue weighted by molar-refractivity contribution is 9.10. The minimum atomic E-state index is -0.579. The van der Waals surface area contributed by atoms with E-state index < -0.39 is 5.91 Å². The van der Waals surface area contributed by atoms with Crippen molar-refractivity contribution in [3.8, 4) is 11.8 Å². The number of hydrogen-bond donors (Lipinski definition) is 1. The lowest BCUT2D eigenvalue weighted by molar-refractivity contribution is 0.0996. The zero-order chi connectivity index (χ0) is 22.4. The molecular formula is C22H22BrN7O2. The monoisotopic (exact) mass is 495 g/mol. The summed E-state index contributed by atoms with van der Waals surface area (Å²) in [6.45, 7) is 4.07. The quantitative estimate of drug-likeness (QED) is 0.464. The summed E-state index contributed by atoms with van der Waals surface area (Å²) >= 11 is 3.62. The fourth-order valence-electron chi connectivity index (χ4n) is 4.00. The SMILES string of the molecule is CN1CCN(c2ccc(Oc3ncc4ccc5c(C(N)=O)nn(C)c5c4n3)c(Br)c2)CC1. The van der Waals surface area contributed by atoms with Crippen LogP contribution in [0.5, 0.6) is 11.8 Å². The van der Waals surface area contributed by atoms with E-state index in [1.165, 1.54) is 0 Å². The van der Waals surface area contributed by atoms with E-state index in [1.807, 2.05) is 24.3 Å². The molecule has 10 heteroatoms. The summed E-state index contributed by atoms with van der Waals surface area (Å²) in [6, 6.07) is 9.88. The average molecular weight is 496 g/mol. The van der Waals surface area contributed by atoms with Gasteiger partial charge in [-0.1, -0.05) is 6.07 Å². The van der Waals surface area contributed by atoms with Crippen LogP contribution < -0.4 is 15.4 Å². The third-order valence-corrected chi connectivity index (χ3v) is 6.37. The summed E-state index contributed by atoms with van der Waals surface area (Å²) < 4.78 is 8.44. The lowest BCUT2D eigenvalue weighted by atomic mass is 10.1. The number of benzene rings is 2. The summed E-state index contributed by atoms with van der Waals surface area (Å²) in [4.78, 5) is 25.4. The first kappa shape index (κ1) is 20.7. The van der Waals surface area contributed by atoms with Gasteiger partial charge < -0.3 is 20.3 Å². The molecule has 1 aliphatic heterocycles. The molecule has 9 nitrogen and oxygen atoms in total. The Hall–Kier alpha value is -3.24. The molecule has 1 aliphatic rings. The molecule has 164 valence electrons. The summed E-state index contributed by atoms with van der Waals surface area (Å²) in [5.74, 6) is 0.0436. The Morgan fingerprint density at radius 3 is 2.62 bits per heavy atom. The zero-order valence-electron chi connectivity index (χ0n) is 17.7. The topological polar surface area (TPSA) is 102 Å². The molecule has 2 aromatic carbocycles. The van der Waals surface area contributed by atoms with Crippen LogP contribution in [0, 0.1) is 0 Å². The van der Waals surface area contributed by atoms with Crippen LogP contribution in [0.3, 0.4) is 0 Å². The highest BCUT2D eigenvalue weighted by Crippen LogP contribution is 2.33. The number of primary amides is 1. The molecule has 1 fully saturated rings. The largest absolute Gasteiger partial charge is 0.423 e. The van der Waals surface area contributed by atoms with Gasteiger partial charge in [0.15, 0.2) is 5.69 Å². The number of fused-ring (bicyclic) bond motifs is 3. The number of ether oxygens (including phenoxy) is 1. The molecule has 5 rings (SSSR count). The molecule has 2 N–H and O–H groups in total. The van der Waals surface area contributed by atoms with Gasteiger partial charge in [-0.15, -0.1) is 0 Å². The van der Waals surface area contributed by atoms with E-state index >= 15 is 0 Å². The van der Waals surface area contributed by atoms with Gasteiger partial charge >= 0.3 is 6.01 Å². The fraction of sp³-hybridized carbons (Fsp3) is 0.273. The van der Waals surface area contributed by atoms with E-state index in [1.54, 1.807) is 17.9 Å². The van der Waals surface area contributed by atoms with Crippen molar-refractivity contribution in [1.29, 1.82) is 0 Å². The molecule has 0 atom stereocenters. The first-order valence-corrected chi connectivity index (χ1v) is 11.0. The molecule has 0 radical (unpaired) electrons. The Kier molecular flexibility index (Phi) is 5.18. The second-order valence-electron chi connectivity index (χ2n) is 7.90. The average Bonchev–Trinajstić information content (AvgIpc) is 3.13. The Morgan fingerprint density at radius 1 is 1.12 bits per heavy atom. The first-order chi connectivity index (χ1) is 15.4. The van der Waals surface area contributed by atoms with Crippen molar-refractivity contribution in [2.75, 3.05) is 38.1 Å². The van der Waals surface area contributed by atoms with Crippen LogP contribution in [0.1, 0.15) is 10.5 Å². The van der Waals surface area contributed by atoms with E-state index in [4.69, 9.17) is 10.5 Å². The molecule has 1 saturated heterocycles. The van der Waals surface area contributed by atoms with Gasteiger partial charge in [0, 0.05) is 55.9 Å². The van der Waals surface area contributed by atoms with Crippen LogP contribution in [0.15, 0.2) is 41.0 Å². The molecule has 0 saturated carbocycles. The maximum atomic E-state index is 11.7. The molecule has 2 aromatic heterocycles. The predicted molar refractivity (Wildman–Crippen MR) is 126 cm³/mol.